The molecular formula is C11H17N3O2. The quantitative estimate of drug-likeness (QED) is 0.815. The number of aliphatic hydroxyl groups is 1. The number of imidazole rings is 1. The molecule has 5 nitrogen and oxygen atoms in total. The summed E-state index contributed by atoms with van der Waals surface area (Å²) in [6.07, 6.45) is 1.60. The summed E-state index contributed by atoms with van der Waals surface area (Å²) in [5.41, 5.74) is 0.720. The van der Waals surface area contributed by atoms with Gasteiger partial charge in [-0.15, -0.1) is 0 Å². The molecule has 0 aliphatic heterocycles. The minimum atomic E-state index is -0.688. The minimum absolute atomic E-state index is 0.384. The number of hydrogen-bond donors (Lipinski definition) is 1. The van der Waals surface area contributed by atoms with Crippen molar-refractivity contribution < 1.29 is 9.84 Å². The van der Waals surface area contributed by atoms with Gasteiger partial charge in [0, 0.05) is 6.54 Å². The van der Waals surface area contributed by atoms with Crippen LogP contribution in [0, 0.1) is 11.3 Å². The first-order valence-corrected chi connectivity index (χ1v) is 5.33. The molecule has 3 unspecified atom stereocenters. The van der Waals surface area contributed by atoms with Crippen LogP contribution < -0.4 is 0 Å². The van der Waals surface area contributed by atoms with Crippen LogP contribution in [-0.4, -0.2) is 26.9 Å². The van der Waals surface area contributed by atoms with E-state index in [1.54, 1.807) is 26.4 Å². The third-order valence-corrected chi connectivity index (χ3v) is 2.50. The van der Waals surface area contributed by atoms with Crippen molar-refractivity contribution in [2.24, 2.45) is 0 Å². The van der Waals surface area contributed by atoms with Gasteiger partial charge in [-0.2, -0.15) is 5.26 Å². The number of nitrogens with zero attached hydrogens (tertiary/aromatic N) is 3. The Bertz CT molecular complexity index is 368. The summed E-state index contributed by atoms with van der Waals surface area (Å²) in [6.45, 7) is 6.08. The highest BCUT2D eigenvalue weighted by molar-refractivity contribution is 5.11. The Hall–Kier alpha value is -1.38. The van der Waals surface area contributed by atoms with Gasteiger partial charge in [-0.1, -0.05) is 0 Å². The maximum absolute atomic E-state index is 9.33. The molecule has 1 N–H and O–H groups in total. The molecule has 1 heterocycles. The van der Waals surface area contributed by atoms with Gasteiger partial charge < -0.3 is 14.4 Å². The fraction of sp³-hybridized carbons (Fsp3) is 0.636. The van der Waals surface area contributed by atoms with E-state index in [4.69, 9.17) is 10.00 Å². The predicted octanol–water partition coefficient (Wildman–Crippen LogP) is 1.25. The molecule has 0 radical (unpaired) electrons. The van der Waals surface area contributed by atoms with E-state index in [-0.39, 0.29) is 6.10 Å². The Balaban J connectivity index is 2.80. The first-order chi connectivity index (χ1) is 7.60. The zero-order valence-electron chi connectivity index (χ0n) is 9.79. The topological polar surface area (TPSA) is 71.1 Å². The molecule has 0 saturated heterocycles. The standard InChI is InChI=1S/C11H17N3O2/c1-4-14-7-13-6-10(14)11(5-12)16-9(3)8(2)15/h6-9,11,15H,4H2,1-3H3. The molecule has 1 aromatic heterocycles. The second-order valence-electron chi connectivity index (χ2n) is 3.70. The summed E-state index contributed by atoms with van der Waals surface area (Å²) in [6, 6.07) is 2.07. The van der Waals surface area contributed by atoms with E-state index in [1.807, 2.05) is 11.5 Å². The molecule has 0 amide bonds. The van der Waals surface area contributed by atoms with Gasteiger partial charge in [0.1, 0.15) is 6.07 Å². The number of rotatable bonds is 5. The third kappa shape index (κ3) is 2.81. The van der Waals surface area contributed by atoms with Crippen molar-refractivity contribution in [1.29, 1.82) is 5.26 Å². The summed E-state index contributed by atoms with van der Waals surface area (Å²) in [4.78, 5) is 3.98. The first kappa shape index (κ1) is 12.7. The fourth-order valence-corrected chi connectivity index (χ4v) is 1.31. The van der Waals surface area contributed by atoms with Crippen molar-refractivity contribution in [2.45, 2.75) is 45.6 Å². The summed E-state index contributed by atoms with van der Waals surface area (Å²) >= 11 is 0. The van der Waals surface area contributed by atoms with E-state index in [1.165, 1.54) is 0 Å². The fourth-order valence-electron chi connectivity index (χ4n) is 1.31. The predicted molar refractivity (Wildman–Crippen MR) is 58.5 cm³/mol. The maximum atomic E-state index is 9.33. The third-order valence-electron chi connectivity index (χ3n) is 2.50. The second kappa shape index (κ2) is 5.64. The zero-order chi connectivity index (χ0) is 12.1. The van der Waals surface area contributed by atoms with Gasteiger partial charge in [-0.25, -0.2) is 4.98 Å². The Labute approximate surface area is 95.3 Å². The molecule has 0 aromatic carbocycles. The van der Waals surface area contributed by atoms with Gasteiger partial charge in [0.15, 0.2) is 6.10 Å². The molecule has 0 aliphatic carbocycles. The minimum Gasteiger partial charge on any atom is -0.391 e. The van der Waals surface area contributed by atoms with Crippen LogP contribution in [0.5, 0.6) is 0 Å². The van der Waals surface area contributed by atoms with Gasteiger partial charge in [-0.3, -0.25) is 0 Å². The van der Waals surface area contributed by atoms with E-state index in [9.17, 15) is 5.11 Å². The highest BCUT2D eigenvalue weighted by Gasteiger charge is 2.20. The number of hydrogen-bond acceptors (Lipinski definition) is 4. The highest BCUT2D eigenvalue weighted by Crippen LogP contribution is 2.19. The van der Waals surface area contributed by atoms with E-state index >= 15 is 0 Å². The normalized spacial score (nSPS) is 16.4. The monoisotopic (exact) mass is 223 g/mol. The van der Waals surface area contributed by atoms with Gasteiger partial charge in [-0.05, 0) is 20.8 Å². The molecule has 3 atom stereocenters. The van der Waals surface area contributed by atoms with Crippen LogP contribution in [-0.2, 0) is 11.3 Å². The second-order valence-corrected chi connectivity index (χ2v) is 3.70. The van der Waals surface area contributed by atoms with Gasteiger partial charge in [0.25, 0.3) is 0 Å². The van der Waals surface area contributed by atoms with Crippen LogP contribution in [0.15, 0.2) is 12.5 Å². The zero-order valence-corrected chi connectivity index (χ0v) is 9.79. The molecule has 5 heteroatoms. The van der Waals surface area contributed by atoms with Crippen LogP contribution in [0.2, 0.25) is 0 Å². The van der Waals surface area contributed by atoms with E-state index < -0.39 is 12.2 Å². The molecule has 88 valence electrons. The van der Waals surface area contributed by atoms with Gasteiger partial charge in [0.2, 0.25) is 0 Å². The van der Waals surface area contributed by atoms with Crippen LogP contribution in [0.1, 0.15) is 32.6 Å². The average molecular weight is 223 g/mol. The lowest BCUT2D eigenvalue weighted by atomic mass is 10.2. The van der Waals surface area contributed by atoms with Crippen LogP contribution >= 0.6 is 0 Å². The van der Waals surface area contributed by atoms with Crippen molar-refractivity contribution in [1.82, 2.24) is 9.55 Å². The highest BCUT2D eigenvalue weighted by atomic mass is 16.5. The number of aryl methyl sites for hydroxylation is 1. The molecule has 16 heavy (non-hydrogen) atoms. The van der Waals surface area contributed by atoms with E-state index in [0.29, 0.717) is 0 Å². The average Bonchev–Trinajstić information content (AvgIpc) is 2.73. The number of aliphatic hydroxyl groups excluding tert-OH is 1. The SMILES string of the molecule is CCn1cncc1C(C#N)OC(C)C(C)O. The lowest BCUT2D eigenvalue weighted by Gasteiger charge is -2.20. The van der Waals surface area contributed by atoms with Crippen LogP contribution in [0.3, 0.4) is 0 Å². The van der Waals surface area contributed by atoms with E-state index in [0.717, 1.165) is 12.2 Å². The van der Waals surface area contributed by atoms with Crippen molar-refractivity contribution in [3.05, 3.63) is 18.2 Å². The Morgan fingerprint density at radius 1 is 1.62 bits per heavy atom. The lowest BCUT2D eigenvalue weighted by Crippen LogP contribution is -2.25. The van der Waals surface area contributed by atoms with Crippen molar-refractivity contribution in [3.8, 4) is 6.07 Å². The molecule has 0 fully saturated rings. The largest absolute Gasteiger partial charge is 0.391 e. The molecule has 0 bridgehead atoms. The Kier molecular flexibility index (Phi) is 4.47. The van der Waals surface area contributed by atoms with Crippen molar-refractivity contribution in [3.63, 3.8) is 0 Å². The van der Waals surface area contributed by atoms with Crippen molar-refractivity contribution in [2.75, 3.05) is 0 Å². The molecule has 1 aromatic rings. The number of nitriles is 1. The van der Waals surface area contributed by atoms with Crippen LogP contribution in [0.25, 0.3) is 0 Å². The van der Waals surface area contributed by atoms with E-state index in [2.05, 4.69) is 11.1 Å². The lowest BCUT2D eigenvalue weighted by molar-refractivity contribution is -0.0448. The van der Waals surface area contributed by atoms with Gasteiger partial charge in [0.05, 0.1) is 30.4 Å². The van der Waals surface area contributed by atoms with Gasteiger partial charge >= 0.3 is 0 Å². The summed E-state index contributed by atoms with van der Waals surface area (Å²) in [7, 11) is 0. The van der Waals surface area contributed by atoms with Crippen LogP contribution in [0.4, 0.5) is 0 Å². The summed E-state index contributed by atoms with van der Waals surface area (Å²) < 4.78 is 7.33. The molecular weight excluding hydrogens is 206 g/mol. The maximum Gasteiger partial charge on any atom is 0.185 e. The summed E-state index contributed by atoms with van der Waals surface area (Å²) in [5.74, 6) is 0. The first-order valence-electron chi connectivity index (χ1n) is 5.33. The Morgan fingerprint density at radius 3 is 2.81 bits per heavy atom. The smallest absolute Gasteiger partial charge is 0.185 e. The van der Waals surface area contributed by atoms with Crippen molar-refractivity contribution >= 4 is 0 Å². The summed E-state index contributed by atoms with van der Waals surface area (Å²) in [5, 5.41) is 18.4. The Morgan fingerprint density at radius 2 is 2.31 bits per heavy atom. The molecule has 1 rings (SSSR count). The molecule has 0 saturated carbocycles. The number of ether oxygens (including phenoxy) is 1. The number of aromatic nitrogens is 2. The molecule has 0 spiro atoms. The molecule has 0 aliphatic rings.